The Balaban J connectivity index is 2.34. The van der Waals surface area contributed by atoms with E-state index >= 15 is 0 Å². The number of hydrogen-bond donors (Lipinski definition) is 1. The van der Waals surface area contributed by atoms with E-state index in [1.165, 1.54) is 0 Å². The van der Waals surface area contributed by atoms with Crippen molar-refractivity contribution in [2.45, 2.75) is 81.1 Å². The van der Waals surface area contributed by atoms with E-state index in [1.807, 2.05) is 0 Å². The molecule has 0 bridgehead atoms. The van der Waals surface area contributed by atoms with Crippen molar-refractivity contribution in [3.8, 4) is 0 Å². The Morgan fingerprint density at radius 1 is 0.870 bits per heavy atom. The van der Waals surface area contributed by atoms with Crippen molar-refractivity contribution in [1.29, 1.82) is 0 Å². The fourth-order valence-electron chi connectivity index (χ4n) is 4.81. The van der Waals surface area contributed by atoms with E-state index in [-0.39, 0.29) is 27.4 Å². The molecule has 2 rings (SSSR count). The van der Waals surface area contributed by atoms with Gasteiger partial charge in [-0.25, -0.2) is 0 Å². The summed E-state index contributed by atoms with van der Waals surface area (Å²) >= 11 is 0. The second kappa shape index (κ2) is 5.36. The highest BCUT2D eigenvalue weighted by atomic mass is 16.3. The molecule has 0 amide bonds. The number of ketones is 1. The van der Waals surface area contributed by atoms with Crippen LogP contribution in [0.4, 0.5) is 0 Å². The smallest absolute Gasteiger partial charge is 0.165 e. The van der Waals surface area contributed by atoms with E-state index in [0.29, 0.717) is 17.6 Å². The third-order valence-corrected chi connectivity index (χ3v) is 8.84. The van der Waals surface area contributed by atoms with Gasteiger partial charge in [-0.15, -0.1) is 0 Å². The average Bonchev–Trinajstić information content (AvgIpc) is 2.79. The van der Waals surface area contributed by atoms with Crippen LogP contribution in [0.3, 0.4) is 0 Å². The monoisotopic (exact) mass is 320 g/mol. The van der Waals surface area contributed by atoms with Crippen molar-refractivity contribution in [3.63, 3.8) is 0 Å². The molecule has 0 heterocycles. The van der Waals surface area contributed by atoms with Crippen LogP contribution in [-0.4, -0.2) is 10.9 Å². The molecule has 0 unspecified atom stereocenters. The maximum absolute atomic E-state index is 13.1. The Kier molecular flexibility index (Phi) is 4.32. The molecular weight excluding hydrogens is 284 g/mol. The minimum atomic E-state index is -0.370. The summed E-state index contributed by atoms with van der Waals surface area (Å²) in [6, 6.07) is 0. The first kappa shape index (κ1) is 18.5. The maximum Gasteiger partial charge on any atom is 0.165 e. The fourth-order valence-corrected chi connectivity index (χ4v) is 4.81. The predicted molar refractivity (Wildman–Crippen MR) is 96.3 cm³/mol. The van der Waals surface area contributed by atoms with Crippen LogP contribution in [0.5, 0.6) is 0 Å². The van der Waals surface area contributed by atoms with Gasteiger partial charge in [-0.1, -0.05) is 55.4 Å². The van der Waals surface area contributed by atoms with Gasteiger partial charge in [0.2, 0.25) is 0 Å². The van der Waals surface area contributed by atoms with Crippen LogP contribution < -0.4 is 0 Å². The number of carbonyl (C=O) groups is 1. The molecule has 0 saturated heterocycles. The van der Waals surface area contributed by atoms with E-state index in [4.69, 9.17) is 0 Å². The highest BCUT2D eigenvalue weighted by Crippen LogP contribution is 2.60. The first-order chi connectivity index (χ1) is 10.3. The van der Waals surface area contributed by atoms with E-state index in [0.717, 1.165) is 25.7 Å². The number of aliphatic hydroxyl groups is 1. The summed E-state index contributed by atoms with van der Waals surface area (Å²) in [5, 5.41) is 10.9. The fraction of sp³-hybridized carbons (Fsp3) is 0.857. The molecule has 2 aliphatic rings. The van der Waals surface area contributed by atoms with Crippen molar-refractivity contribution < 1.29 is 9.90 Å². The molecule has 2 aliphatic carbocycles. The Morgan fingerprint density at radius 3 is 1.61 bits per heavy atom. The average molecular weight is 321 g/mol. The largest absolute Gasteiger partial charge is 0.512 e. The second-order valence-electron chi connectivity index (χ2n) is 9.88. The maximum atomic E-state index is 13.1. The molecule has 0 radical (unpaired) electrons. The van der Waals surface area contributed by atoms with Gasteiger partial charge in [0, 0.05) is 16.9 Å². The standard InChI is InChI=1S/C21H36O2/c1-14-9-11-20(7,18(14,3)4)16(22)13-17(23)21(8)12-10-15(2)19(21,5)6/h13-15,22H,9-12H2,1-8H3/t14-,15-,20-,21-/m0/s1. The lowest BCUT2D eigenvalue weighted by molar-refractivity contribution is -0.128. The van der Waals surface area contributed by atoms with Gasteiger partial charge in [-0.05, 0) is 48.3 Å². The molecule has 0 aromatic rings. The predicted octanol–water partition coefficient (Wildman–Crippen LogP) is 5.92. The van der Waals surface area contributed by atoms with Gasteiger partial charge >= 0.3 is 0 Å². The van der Waals surface area contributed by atoms with Crippen LogP contribution >= 0.6 is 0 Å². The van der Waals surface area contributed by atoms with Gasteiger partial charge in [0.25, 0.3) is 0 Å². The zero-order valence-corrected chi connectivity index (χ0v) is 16.4. The quantitative estimate of drug-likeness (QED) is 0.517. The van der Waals surface area contributed by atoms with E-state index in [1.54, 1.807) is 6.08 Å². The van der Waals surface area contributed by atoms with Crippen molar-refractivity contribution in [2.75, 3.05) is 0 Å². The molecule has 0 aromatic carbocycles. The Bertz CT molecular complexity index is 528. The molecule has 0 aliphatic heterocycles. The lowest BCUT2D eigenvalue weighted by atomic mass is 9.62. The minimum absolute atomic E-state index is 0.00720. The lowest BCUT2D eigenvalue weighted by Gasteiger charge is -2.42. The third kappa shape index (κ3) is 2.39. The first-order valence-electron chi connectivity index (χ1n) is 9.26. The summed E-state index contributed by atoms with van der Waals surface area (Å²) in [5.74, 6) is 1.50. The normalized spacial score (nSPS) is 42.9. The zero-order chi connectivity index (χ0) is 17.8. The summed E-state index contributed by atoms with van der Waals surface area (Å²) in [7, 11) is 0. The van der Waals surface area contributed by atoms with Gasteiger partial charge < -0.3 is 5.11 Å². The van der Waals surface area contributed by atoms with Gasteiger partial charge in [0.15, 0.2) is 5.78 Å². The van der Waals surface area contributed by atoms with Crippen LogP contribution in [-0.2, 0) is 4.79 Å². The van der Waals surface area contributed by atoms with Crippen LogP contribution in [0.1, 0.15) is 81.1 Å². The Hall–Kier alpha value is -0.790. The van der Waals surface area contributed by atoms with Crippen molar-refractivity contribution >= 4 is 5.78 Å². The van der Waals surface area contributed by atoms with Gasteiger partial charge in [-0.3, -0.25) is 4.79 Å². The molecule has 2 heteroatoms. The van der Waals surface area contributed by atoms with E-state index < -0.39 is 0 Å². The molecule has 0 spiro atoms. The van der Waals surface area contributed by atoms with Crippen LogP contribution in [0.25, 0.3) is 0 Å². The number of rotatable bonds is 3. The summed E-state index contributed by atoms with van der Waals surface area (Å²) in [6.45, 7) is 17.6. The molecule has 132 valence electrons. The van der Waals surface area contributed by atoms with Crippen LogP contribution in [0, 0.1) is 33.5 Å². The SMILES string of the molecule is C[C@H]1CC[C@@](C)(C(=O)C=C(O)[C@]2(C)CC[C@H](C)C2(C)C)C1(C)C. The number of allylic oxidation sites excluding steroid dienone is 2. The zero-order valence-electron chi connectivity index (χ0n) is 16.4. The molecule has 2 saturated carbocycles. The molecule has 0 aromatic heterocycles. The van der Waals surface area contributed by atoms with Gasteiger partial charge in [0.1, 0.15) is 5.76 Å². The van der Waals surface area contributed by atoms with E-state index in [2.05, 4.69) is 55.4 Å². The molecule has 4 atom stereocenters. The van der Waals surface area contributed by atoms with Crippen molar-refractivity contribution in [3.05, 3.63) is 11.8 Å². The molecule has 2 nitrogen and oxygen atoms in total. The second-order valence-corrected chi connectivity index (χ2v) is 9.88. The van der Waals surface area contributed by atoms with Crippen LogP contribution in [0.15, 0.2) is 11.8 Å². The summed E-state index contributed by atoms with van der Waals surface area (Å²) in [5.41, 5.74) is -0.689. The van der Waals surface area contributed by atoms with Crippen molar-refractivity contribution in [1.82, 2.24) is 0 Å². The topological polar surface area (TPSA) is 37.3 Å². The molecular formula is C21H36O2. The highest BCUT2D eigenvalue weighted by molar-refractivity contribution is 5.96. The Morgan fingerprint density at radius 2 is 1.26 bits per heavy atom. The van der Waals surface area contributed by atoms with Crippen LogP contribution in [0.2, 0.25) is 0 Å². The minimum Gasteiger partial charge on any atom is -0.512 e. The lowest BCUT2D eigenvalue weighted by Crippen LogP contribution is -2.40. The highest BCUT2D eigenvalue weighted by Gasteiger charge is 2.55. The van der Waals surface area contributed by atoms with Crippen molar-refractivity contribution in [2.24, 2.45) is 33.5 Å². The molecule has 1 N–H and O–H groups in total. The molecule has 2 fully saturated rings. The Labute approximate surface area is 142 Å². The number of hydrogen-bond acceptors (Lipinski definition) is 2. The first-order valence-corrected chi connectivity index (χ1v) is 9.26. The number of aliphatic hydroxyl groups excluding tert-OH is 1. The number of carbonyl (C=O) groups excluding carboxylic acids is 1. The van der Waals surface area contributed by atoms with Gasteiger partial charge in [0.05, 0.1) is 0 Å². The summed E-state index contributed by atoms with van der Waals surface area (Å²) in [4.78, 5) is 13.1. The molecule has 23 heavy (non-hydrogen) atoms. The summed E-state index contributed by atoms with van der Waals surface area (Å²) in [6.07, 6.45) is 5.65. The van der Waals surface area contributed by atoms with E-state index in [9.17, 15) is 9.90 Å². The third-order valence-electron chi connectivity index (χ3n) is 8.84. The van der Waals surface area contributed by atoms with Gasteiger partial charge in [-0.2, -0.15) is 0 Å². The summed E-state index contributed by atoms with van der Waals surface area (Å²) < 4.78 is 0.